The van der Waals surface area contributed by atoms with E-state index in [1.807, 2.05) is 18.2 Å². The highest BCUT2D eigenvalue weighted by atomic mass is 31.2. The average Bonchev–Trinajstić information content (AvgIpc) is 3.06. The third-order valence-electron chi connectivity index (χ3n) is 11.7. The van der Waals surface area contributed by atoms with Crippen molar-refractivity contribution in [3.63, 3.8) is 0 Å². The summed E-state index contributed by atoms with van der Waals surface area (Å²) in [6.45, 7) is 3.48. The van der Waals surface area contributed by atoms with E-state index in [1.54, 1.807) is 0 Å². The zero-order valence-electron chi connectivity index (χ0n) is 28.9. The number of benzene rings is 1. The van der Waals surface area contributed by atoms with E-state index in [0.29, 0.717) is 36.8 Å². The summed E-state index contributed by atoms with van der Waals surface area (Å²) in [5.41, 5.74) is 2.06. The highest BCUT2D eigenvalue weighted by Crippen LogP contribution is 2.47. The predicted molar refractivity (Wildman–Crippen MR) is 186 cm³/mol. The van der Waals surface area contributed by atoms with E-state index in [2.05, 4.69) is 16.7 Å². The van der Waals surface area contributed by atoms with Crippen LogP contribution in [0.15, 0.2) is 24.3 Å². The van der Waals surface area contributed by atoms with Crippen molar-refractivity contribution in [3.8, 4) is 0 Å². The lowest BCUT2D eigenvalue weighted by atomic mass is 9.70. The largest absolute Gasteiger partial charge is 0.352 e. The van der Waals surface area contributed by atoms with Gasteiger partial charge in [-0.25, -0.2) is 0 Å². The van der Waals surface area contributed by atoms with Crippen molar-refractivity contribution in [1.29, 1.82) is 0 Å². The van der Waals surface area contributed by atoms with Gasteiger partial charge >= 0.3 is 15.2 Å². The van der Waals surface area contributed by atoms with Gasteiger partial charge in [-0.05, 0) is 138 Å². The Hall–Kier alpha value is -1.54. The van der Waals surface area contributed by atoms with E-state index >= 15 is 0 Å². The summed E-state index contributed by atoms with van der Waals surface area (Å²) in [4.78, 5) is 45.1. The van der Waals surface area contributed by atoms with E-state index in [1.165, 1.54) is 13.3 Å². The lowest BCUT2D eigenvalue weighted by Gasteiger charge is -2.37. The van der Waals surface area contributed by atoms with Crippen molar-refractivity contribution in [1.82, 2.24) is 10.6 Å². The van der Waals surface area contributed by atoms with Crippen LogP contribution in [0.5, 0.6) is 0 Å². The van der Waals surface area contributed by atoms with Crippen LogP contribution in [0.1, 0.15) is 114 Å². The molecule has 0 bridgehead atoms. The van der Waals surface area contributed by atoms with Gasteiger partial charge in [0, 0.05) is 38.3 Å². The molecule has 4 aliphatic carbocycles. The van der Waals surface area contributed by atoms with Gasteiger partial charge in [-0.15, -0.1) is 0 Å². The molecule has 0 heterocycles. The second kappa shape index (κ2) is 17.1. The minimum absolute atomic E-state index is 0.0468. The average molecular weight is 709 g/mol. The number of amides is 2. The maximum absolute atomic E-state index is 13.0. The van der Waals surface area contributed by atoms with Crippen molar-refractivity contribution in [2.75, 3.05) is 13.3 Å². The molecule has 0 saturated heterocycles. The van der Waals surface area contributed by atoms with Gasteiger partial charge in [0.05, 0.1) is 12.2 Å². The summed E-state index contributed by atoms with van der Waals surface area (Å²) in [5, 5.41) is 6.31. The highest BCUT2D eigenvalue weighted by Gasteiger charge is 2.35. The van der Waals surface area contributed by atoms with Crippen LogP contribution in [0.2, 0.25) is 0 Å². The lowest BCUT2D eigenvalue weighted by Crippen LogP contribution is -2.35. The van der Waals surface area contributed by atoms with Crippen LogP contribution in [0, 0.1) is 35.5 Å². The summed E-state index contributed by atoms with van der Waals surface area (Å²) >= 11 is 0. The van der Waals surface area contributed by atoms with Gasteiger partial charge in [0.1, 0.15) is 0 Å². The first-order chi connectivity index (χ1) is 22.8. The quantitative estimate of drug-likeness (QED) is 0.165. The van der Waals surface area contributed by atoms with Crippen LogP contribution in [-0.2, 0) is 40.9 Å². The fourth-order valence-electron chi connectivity index (χ4n) is 9.11. The monoisotopic (exact) mass is 708 g/mol. The van der Waals surface area contributed by atoms with Gasteiger partial charge in [0.25, 0.3) is 0 Å². The molecule has 2 unspecified atom stereocenters. The van der Waals surface area contributed by atoms with Crippen LogP contribution in [0.4, 0.5) is 0 Å². The van der Waals surface area contributed by atoms with Gasteiger partial charge in [0.15, 0.2) is 0 Å². The number of carbonyl (C=O) groups excluding carboxylic acids is 2. The molecule has 0 aromatic heterocycles. The number of carbonyl (C=O) groups is 2. The molecule has 4 saturated carbocycles. The predicted octanol–water partition coefficient (Wildman–Crippen LogP) is 7.31. The fourth-order valence-corrected chi connectivity index (χ4v) is 10.6. The van der Waals surface area contributed by atoms with Crippen molar-refractivity contribution in [3.05, 3.63) is 35.4 Å². The van der Waals surface area contributed by atoms with Crippen LogP contribution in [0.25, 0.3) is 0 Å². The molecule has 48 heavy (non-hydrogen) atoms. The topological polar surface area (TPSA) is 151 Å². The highest BCUT2D eigenvalue weighted by molar-refractivity contribution is 7.52. The number of nitrogens with one attached hydrogen (secondary N) is 2. The van der Waals surface area contributed by atoms with E-state index in [0.717, 1.165) is 114 Å². The first-order valence-electron chi connectivity index (χ1n) is 18.4. The second-order valence-corrected chi connectivity index (χ2v) is 19.0. The Morgan fingerprint density at radius 1 is 0.604 bits per heavy atom. The van der Waals surface area contributed by atoms with Crippen molar-refractivity contribution < 1.29 is 37.6 Å². The minimum atomic E-state index is -3.43. The zero-order valence-corrected chi connectivity index (χ0v) is 30.7. The molecule has 0 radical (unpaired) electrons. The van der Waals surface area contributed by atoms with E-state index < -0.39 is 15.2 Å². The van der Waals surface area contributed by atoms with Crippen molar-refractivity contribution >= 4 is 27.0 Å². The Balaban J connectivity index is 0.964. The van der Waals surface area contributed by atoms with Crippen molar-refractivity contribution in [2.24, 2.45) is 35.5 Å². The Bertz CT molecular complexity index is 1200. The molecular formula is C36H58N2O8P2. The van der Waals surface area contributed by atoms with Gasteiger partial charge in [-0.2, -0.15) is 0 Å². The summed E-state index contributed by atoms with van der Waals surface area (Å²) in [5.74, 6) is 2.82. The Morgan fingerprint density at radius 3 is 1.23 bits per heavy atom. The molecule has 0 spiro atoms. The third-order valence-corrected chi connectivity index (χ3v) is 13.0. The first kappa shape index (κ1) is 37.7. The van der Waals surface area contributed by atoms with Crippen molar-refractivity contribution in [2.45, 2.75) is 128 Å². The van der Waals surface area contributed by atoms with Crippen LogP contribution in [-0.4, -0.2) is 47.1 Å². The molecule has 2 atom stereocenters. The van der Waals surface area contributed by atoms with Gasteiger partial charge in [-0.3, -0.25) is 18.7 Å². The molecular weight excluding hydrogens is 650 g/mol. The third kappa shape index (κ3) is 11.8. The number of rotatable bonds is 12. The molecule has 4 aliphatic rings. The van der Waals surface area contributed by atoms with Crippen LogP contribution >= 0.6 is 15.2 Å². The summed E-state index contributed by atoms with van der Waals surface area (Å²) in [6.07, 6.45) is 15.1. The molecule has 4 fully saturated rings. The Labute approximate surface area is 287 Å². The number of hydrogen-bond donors (Lipinski definition) is 4. The summed E-state index contributed by atoms with van der Waals surface area (Å²) < 4.78 is 33.8. The van der Waals surface area contributed by atoms with Gasteiger partial charge in [0.2, 0.25) is 11.8 Å². The van der Waals surface area contributed by atoms with Crippen LogP contribution < -0.4 is 10.6 Å². The summed E-state index contributed by atoms with van der Waals surface area (Å²) in [6, 6.07) is 8.08. The fraction of sp³-hybridized carbons (Fsp3) is 0.778. The lowest BCUT2D eigenvalue weighted by molar-refractivity contribution is -0.127. The summed E-state index contributed by atoms with van der Waals surface area (Å²) in [7, 11) is -6.87. The minimum Gasteiger partial charge on any atom is -0.352 e. The molecule has 10 nitrogen and oxygen atoms in total. The zero-order chi connectivity index (χ0) is 34.3. The SMILES string of the molecule is CP(=O)(O)O[C@H]1CC[C@@H]([C@H]2CC[C@@H](C(=O)NCc3cccc(CNC(=O)[C@H]4CC[C@@H]([C@H]5CC[C@@H](OP(C)(=O)O)CC5)CC4)c3)CC2)CC1. The van der Waals surface area contributed by atoms with Crippen LogP contribution in [0.3, 0.4) is 0 Å². The Kier molecular flexibility index (Phi) is 13.4. The van der Waals surface area contributed by atoms with E-state index in [-0.39, 0.29) is 35.9 Å². The maximum Gasteiger partial charge on any atom is 0.325 e. The maximum atomic E-state index is 13.0. The molecule has 5 rings (SSSR count). The molecule has 1 aromatic carbocycles. The standard InChI is InChI=1S/C36H58N2O8P2/c1-47(41,42)45-33-18-14-29(15-19-33)27-6-10-31(11-7-27)35(39)37-23-25-4-3-5-26(22-25)24-38-36(40)32-12-8-28(9-13-32)30-16-20-34(21-17-30)46-48(2,43)44/h3-5,22,27-34H,6-21,23-24H2,1-2H3,(H,37,39)(H,38,40)(H,41,42)(H,43,44)/t27-,28-,29-,30-,31+,32+,33+,34+. The molecule has 2 amide bonds. The molecule has 0 aliphatic heterocycles. The van der Waals surface area contributed by atoms with Gasteiger partial charge in [-0.1, -0.05) is 24.3 Å². The first-order valence-corrected chi connectivity index (χ1v) is 22.5. The molecule has 270 valence electrons. The molecule has 4 N–H and O–H groups in total. The second-order valence-electron chi connectivity index (χ2n) is 15.4. The van der Waals surface area contributed by atoms with Gasteiger partial charge < -0.3 is 29.5 Å². The normalized spacial score (nSPS) is 33.9. The Morgan fingerprint density at radius 2 is 0.917 bits per heavy atom. The molecule has 12 heteroatoms. The smallest absolute Gasteiger partial charge is 0.325 e. The molecule has 1 aromatic rings. The van der Waals surface area contributed by atoms with E-state index in [4.69, 9.17) is 9.05 Å². The van der Waals surface area contributed by atoms with E-state index in [9.17, 15) is 28.5 Å². The number of hydrogen-bond acceptors (Lipinski definition) is 6.